The van der Waals surface area contributed by atoms with Crippen molar-refractivity contribution in [1.82, 2.24) is 9.97 Å². The highest BCUT2D eigenvalue weighted by molar-refractivity contribution is 6.20. The van der Waals surface area contributed by atoms with Crippen molar-refractivity contribution in [2.24, 2.45) is 0 Å². The van der Waals surface area contributed by atoms with Gasteiger partial charge in [-0.15, -0.1) is 11.6 Å². The first-order chi connectivity index (χ1) is 7.11. The molecule has 1 unspecified atom stereocenters. The lowest BCUT2D eigenvalue weighted by Gasteiger charge is -2.10. The van der Waals surface area contributed by atoms with Gasteiger partial charge in [0.1, 0.15) is 6.33 Å². The maximum absolute atomic E-state index is 6.06. The Morgan fingerprint density at radius 1 is 1.40 bits per heavy atom. The van der Waals surface area contributed by atoms with E-state index in [-0.39, 0.29) is 11.5 Å². The van der Waals surface area contributed by atoms with E-state index in [1.54, 1.807) is 0 Å². The molecule has 0 bridgehead atoms. The maximum Gasteiger partial charge on any atom is 0.216 e. The zero-order valence-corrected chi connectivity index (χ0v) is 10.2. The Labute approximate surface area is 95.8 Å². The van der Waals surface area contributed by atoms with Crippen LogP contribution in [0.3, 0.4) is 0 Å². The third-order valence-electron chi connectivity index (χ3n) is 1.93. The summed E-state index contributed by atoms with van der Waals surface area (Å²) in [6, 6.07) is 1.85. The quantitative estimate of drug-likeness (QED) is 0.727. The maximum atomic E-state index is 6.06. The van der Waals surface area contributed by atoms with Gasteiger partial charge in [-0.05, 0) is 20.3 Å². The lowest BCUT2D eigenvalue weighted by atomic mass is 10.2. The Morgan fingerprint density at radius 3 is 2.73 bits per heavy atom. The molecule has 0 saturated heterocycles. The predicted octanol–water partition coefficient (Wildman–Crippen LogP) is 2.82. The highest BCUT2D eigenvalue weighted by atomic mass is 35.5. The molecule has 15 heavy (non-hydrogen) atoms. The number of aromatic nitrogens is 2. The SMILES string of the molecule is CCC(Cl)Cc1cc(OC(C)C)ncn1. The van der Waals surface area contributed by atoms with Gasteiger partial charge in [-0.1, -0.05) is 6.92 Å². The molecule has 0 fully saturated rings. The molecule has 0 radical (unpaired) electrons. The molecule has 1 heterocycles. The summed E-state index contributed by atoms with van der Waals surface area (Å²) in [4.78, 5) is 8.20. The molecule has 1 rings (SSSR count). The van der Waals surface area contributed by atoms with Crippen molar-refractivity contribution < 1.29 is 4.74 Å². The summed E-state index contributed by atoms with van der Waals surface area (Å²) in [7, 11) is 0. The van der Waals surface area contributed by atoms with E-state index in [4.69, 9.17) is 16.3 Å². The van der Waals surface area contributed by atoms with Gasteiger partial charge < -0.3 is 4.74 Å². The standard InChI is InChI=1S/C11H17ClN2O/c1-4-9(12)5-10-6-11(14-7-13-10)15-8(2)3/h6-9H,4-5H2,1-3H3. The monoisotopic (exact) mass is 228 g/mol. The van der Waals surface area contributed by atoms with Gasteiger partial charge in [-0.25, -0.2) is 9.97 Å². The van der Waals surface area contributed by atoms with E-state index >= 15 is 0 Å². The molecule has 0 saturated carbocycles. The molecule has 0 N–H and O–H groups in total. The molecule has 4 heteroatoms. The third-order valence-corrected chi connectivity index (χ3v) is 2.39. The van der Waals surface area contributed by atoms with Crippen LogP contribution in [0.4, 0.5) is 0 Å². The number of rotatable bonds is 5. The lowest BCUT2D eigenvalue weighted by molar-refractivity contribution is 0.232. The van der Waals surface area contributed by atoms with Gasteiger partial charge >= 0.3 is 0 Å². The van der Waals surface area contributed by atoms with E-state index in [0.29, 0.717) is 5.88 Å². The summed E-state index contributed by atoms with van der Waals surface area (Å²) in [6.07, 6.45) is 3.35. The molecule has 0 aliphatic heterocycles. The fraction of sp³-hybridized carbons (Fsp3) is 0.636. The van der Waals surface area contributed by atoms with E-state index in [1.165, 1.54) is 6.33 Å². The van der Waals surface area contributed by atoms with Gasteiger partial charge in [-0.2, -0.15) is 0 Å². The van der Waals surface area contributed by atoms with Crippen LogP contribution in [0.15, 0.2) is 12.4 Å². The Morgan fingerprint density at radius 2 is 2.13 bits per heavy atom. The molecule has 0 aliphatic carbocycles. The molecule has 0 amide bonds. The smallest absolute Gasteiger partial charge is 0.216 e. The molecule has 1 atom stereocenters. The van der Waals surface area contributed by atoms with Crippen LogP contribution in [0.25, 0.3) is 0 Å². The zero-order valence-electron chi connectivity index (χ0n) is 9.40. The number of hydrogen-bond acceptors (Lipinski definition) is 3. The van der Waals surface area contributed by atoms with Crippen LogP contribution in [0.2, 0.25) is 0 Å². The Balaban J connectivity index is 2.65. The fourth-order valence-corrected chi connectivity index (χ4v) is 1.32. The van der Waals surface area contributed by atoms with E-state index in [2.05, 4.69) is 16.9 Å². The van der Waals surface area contributed by atoms with Gasteiger partial charge in [0.25, 0.3) is 0 Å². The highest BCUT2D eigenvalue weighted by Gasteiger charge is 2.06. The van der Waals surface area contributed by atoms with Crippen LogP contribution in [-0.2, 0) is 6.42 Å². The van der Waals surface area contributed by atoms with Crippen molar-refractivity contribution >= 4 is 11.6 Å². The average Bonchev–Trinajstić information content (AvgIpc) is 2.17. The first-order valence-electron chi connectivity index (χ1n) is 5.23. The predicted molar refractivity (Wildman–Crippen MR) is 61.4 cm³/mol. The molecule has 1 aromatic rings. The molecular formula is C11H17ClN2O. The first-order valence-corrected chi connectivity index (χ1v) is 5.67. The van der Waals surface area contributed by atoms with Crippen LogP contribution < -0.4 is 4.74 Å². The molecule has 84 valence electrons. The molecule has 3 nitrogen and oxygen atoms in total. The normalized spacial score (nSPS) is 12.9. The van der Waals surface area contributed by atoms with Crippen LogP contribution in [-0.4, -0.2) is 21.4 Å². The second-order valence-corrected chi connectivity index (χ2v) is 4.34. The van der Waals surface area contributed by atoms with Gasteiger partial charge in [0.05, 0.1) is 6.10 Å². The molecule has 0 spiro atoms. The van der Waals surface area contributed by atoms with Crippen molar-refractivity contribution in [2.75, 3.05) is 0 Å². The molecule has 1 aromatic heterocycles. The summed E-state index contributed by atoms with van der Waals surface area (Å²) in [5.74, 6) is 0.620. The third kappa shape index (κ3) is 4.47. The number of alkyl halides is 1. The Kier molecular flexibility index (Phi) is 4.82. The number of ether oxygens (including phenoxy) is 1. The minimum Gasteiger partial charge on any atom is -0.475 e. The summed E-state index contributed by atoms with van der Waals surface area (Å²) < 4.78 is 5.48. The second-order valence-electron chi connectivity index (χ2n) is 3.72. The van der Waals surface area contributed by atoms with Gasteiger partial charge in [0.2, 0.25) is 5.88 Å². The lowest BCUT2D eigenvalue weighted by Crippen LogP contribution is -2.09. The number of hydrogen-bond donors (Lipinski definition) is 0. The highest BCUT2D eigenvalue weighted by Crippen LogP contribution is 2.13. The fourth-order valence-electron chi connectivity index (χ4n) is 1.17. The van der Waals surface area contributed by atoms with Crippen molar-refractivity contribution in [3.63, 3.8) is 0 Å². The zero-order chi connectivity index (χ0) is 11.3. The Hall–Kier alpha value is -0.830. The average molecular weight is 229 g/mol. The first kappa shape index (κ1) is 12.2. The molecular weight excluding hydrogens is 212 g/mol. The van der Waals surface area contributed by atoms with E-state index in [9.17, 15) is 0 Å². The van der Waals surface area contributed by atoms with E-state index < -0.39 is 0 Å². The van der Waals surface area contributed by atoms with Crippen molar-refractivity contribution in [3.05, 3.63) is 18.1 Å². The minimum atomic E-state index is 0.130. The van der Waals surface area contributed by atoms with Crippen molar-refractivity contribution in [3.8, 4) is 5.88 Å². The van der Waals surface area contributed by atoms with Crippen molar-refractivity contribution in [2.45, 2.75) is 45.1 Å². The minimum absolute atomic E-state index is 0.130. The summed E-state index contributed by atoms with van der Waals surface area (Å²) in [5, 5.41) is 0.131. The molecule has 0 aromatic carbocycles. The molecule has 0 aliphatic rings. The van der Waals surface area contributed by atoms with E-state index in [0.717, 1.165) is 18.5 Å². The summed E-state index contributed by atoms with van der Waals surface area (Å²) >= 11 is 6.06. The number of halogens is 1. The van der Waals surface area contributed by atoms with Gasteiger partial charge in [0.15, 0.2) is 0 Å². The van der Waals surface area contributed by atoms with Crippen LogP contribution >= 0.6 is 11.6 Å². The second kappa shape index (κ2) is 5.91. The van der Waals surface area contributed by atoms with Gasteiger partial charge in [0, 0.05) is 23.6 Å². The van der Waals surface area contributed by atoms with Crippen LogP contribution in [0.1, 0.15) is 32.9 Å². The number of nitrogens with zero attached hydrogens (tertiary/aromatic N) is 2. The van der Waals surface area contributed by atoms with Gasteiger partial charge in [-0.3, -0.25) is 0 Å². The van der Waals surface area contributed by atoms with Crippen LogP contribution in [0, 0.1) is 0 Å². The largest absolute Gasteiger partial charge is 0.475 e. The van der Waals surface area contributed by atoms with Crippen molar-refractivity contribution in [1.29, 1.82) is 0 Å². The Bertz CT molecular complexity index is 304. The van der Waals surface area contributed by atoms with E-state index in [1.807, 2.05) is 19.9 Å². The topological polar surface area (TPSA) is 35.0 Å². The summed E-state index contributed by atoms with van der Waals surface area (Å²) in [6.45, 7) is 6.00. The van der Waals surface area contributed by atoms with Crippen LogP contribution in [0.5, 0.6) is 5.88 Å². The summed E-state index contributed by atoms with van der Waals surface area (Å²) in [5.41, 5.74) is 0.933.